The Hall–Kier alpha value is -4.04. The molecule has 0 spiro atoms. The van der Waals surface area contributed by atoms with Crippen LogP contribution in [-0.2, 0) is 26.4 Å². The maximum absolute atomic E-state index is 14.5. The zero-order chi connectivity index (χ0) is 29.2. The molecular formula is C27H27FN4O7S. The number of carbonyl (C=O) groups is 1. The van der Waals surface area contributed by atoms with Crippen LogP contribution in [0.3, 0.4) is 0 Å². The lowest BCUT2D eigenvalue weighted by Crippen LogP contribution is -2.52. The molecule has 2 aromatic heterocycles. The number of nitrogens with zero attached hydrogens (tertiary/aromatic N) is 4. The first-order chi connectivity index (χ1) is 19.0. The van der Waals surface area contributed by atoms with Gasteiger partial charge in [-0.3, -0.25) is 9.36 Å². The summed E-state index contributed by atoms with van der Waals surface area (Å²) in [5, 5.41) is 28.6. The van der Waals surface area contributed by atoms with Gasteiger partial charge in [0.1, 0.15) is 45.1 Å². The summed E-state index contributed by atoms with van der Waals surface area (Å²) in [4.78, 5) is 39.9. The van der Waals surface area contributed by atoms with Crippen LogP contribution in [0.2, 0.25) is 0 Å². The number of rotatable bonds is 9. The van der Waals surface area contributed by atoms with E-state index in [4.69, 9.17) is 19.5 Å². The second-order valence-electron chi connectivity index (χ2n) is 9.81. The fraction of sp³-hybridized carbons (Fsp3) is 0.444. The van der Waals surface area contributed by atoms with Gasteiger partial charge in [0.05, 0.1) is 18.0 Å². The van der Waals surface area contributed by atoms with Crippen molar-refractivity contribution >= 4 is 27.5 Å². The predicted molar refractivity (Wildman–Crippen MR) is 142 cm³/mol. The molecule has 1 aromatic carbocycles. The second-order valence-corrected chi connectivity index (χ2v) is 10.8. The molecule has 11 nitrogen and oxygen atoms in total. The lowest BCUT2D eigenvalue weighted by Gasteiger charge is -2.30. The summed E-state index contributed by atoms with van der Waals surface area (Å²) in [6.07, 6.45) is -0.266. The van der Waals surface area contributed by atoms with Gasteiger partial charge < -0.3 is 19.3 Å². The van der Waals surface area contributed by atoms with E-state index < -0.39 is 34.7 Å². The topological polar surface area (TPSA) is 157 Å². The molecule has 13 heteroatoms. The van der Waals surface area contributed by atoms with E-state index in [2.05, 4.69) is 0 Å². The summed E-state index contributed by atoms with van der Waals surface area (Å²) >= 11 is 0.928. The third-order valence-electron chi connectivity index (χ3n) is 6.88. The second kappa shape index (κ2) is 11.6. The SMILES string of the molecule is Cc1c(C#N)sc2c1c(=O)n(C(C)(C)C(=O)O)c(=O)n2CC(OC1CCOCC1)c1cc(F)ccc1OCC#N. The summed E-state index contributed by atoms with van der Waals surface area (Å²) in [5.74, 6) is -1.84. The van der Waals surface area contributed by atoms with Crippen LogP contribution >= 0.6 is 11.3 Å². The van der Waals surface area contributed by atoms with E-state index in [1.165, 1.54) is 36.6 Å². The summed E-state index contributed by atoms with van der Waals surface area (Å²) in [5.41, 5.74) is -3.13. The van der Waals surface area contributed by atoms with Crippen LogP contribution < -0.4 is 16.0 Å². The number of fused-ring (bicyclic) bond motifs is 1. The lowest BCUT2D eigenvalue weighted by molar-refractivity contribution is -0.146. The maximum Gasteiger partial charge on any atom is 0.333 e. The number of hydrogen-bond donors (Lipinski definition) is 1. The highest BCUT2D eigenvalue weighted by Gasteiger charge is 2.36. The van der Waals surface area contributed by atoms with Crippen molar-refractivity contribution in [2.24, 2.45) is 0 Å². The van der Waals surface area contributed by atoms with Crippen LogP contribution in [-0.4, -0.2) is 46.1 Å². The Bertz CT molecular complexity index is 1650. The molecule has 1 fully saturated rings. The van der Waals surface area contributed by atoms with E-state index in [1.54, 1.807) is 6.92 Å². The highest BCUT2D eigenvalue weighted by atomic mass is 32.1. The zero-order valence-electron chi connectivity index (χ0n) is 22.1. The van der Waals surface area contributed by atoms with Gasteiger partial charge in [-0.2, -0.15) is 10.5 Å². The number of nitriles is 2. The van der Waals surface area contributed by atoms with Gasteiger partial charge in [-0.05, 0) is 57.4 Å². The molecule has 1 N–H and O–H groups in total. The van der Waals surface area contributed by atoms with Crippen molar-refractivity contribution in [3.05, 3.63) is 60.9 Å². The van der Waals surface area contributed by atoms with Gasteiger partial charge in [0, 0.05) is 18.8 Å². The minimum Gasteiger partial charge on any atom is -0.480 e. The van der Waals surface area contributed by atoms with Gasteiger partial charge >= 0.3 is 11.7 Å². The highest BCUT2D eigenvalue weighted by molar-refractivity contribution is 7.19. The van der Waals surface area contributed by atoms with Crippen LogP contribution in [0.1, 0.15) is 48.8 Å². The van der Waals surface area contributed by atoms with E-state index >= 15 is 0 Å². The number of aryl methyl sites for hydroxylation is 1. The van der Waals surface area contributed by atoms with E-state index in [0.29, 0.717) is 36.2 Å². The molecule has 1 atom stereocenters. The molecule has 1 unspecified atom stereocenters. The molecule has 0 aliphatic carbocycles. The van der Waals surface area contributed by atoms with Crippen LogP contribution in [0, 0.1) is 35.4 Å². The summed E-state index contributed by atoms with van der Waals surface area (Å²) in [6.45, 7) is 4.32. The molecule has 4 rings (SSSR count). The predicted octanol–water partition coefficient (Wildman–Crippen LogP) is 3.20. The maximum atomic E-state index is 14.5. The Morgan fingerprint density at radius 2 is 2.00 bits per heavy atom. The Morgan fingerprint density at radius 1 is 1.30 bits per heavy atom. The average Bonchev–Trinajstić information content (AvgIpc) is 3.26. The van der Waals surface area contributed by atoms with Crippen molar-refractivity contribution in [2.75, 3.05) is 19.8 Å². The minimum atomic E-state index is -1.93. The molecule has 0 amide bonds. The van der Waals surface area contributed by atoms with Crippen molar-refractivity contribution in [2.45, 2.75) is 57.9 Å². The van der Waals surface area contributed by atoms with Crippen LogP contribution in [0.15, 0.2) is 27.8 Å². The van der Waals surface area contributed by atoms with Crippen molar-refractivity contribution in [3.63, 3.8) is 0 Å². The van der Waals surface area contributed by atoms with E-state index in [0.717, 1.165) is 11.3 Å². The number of ether oxygens (including phenoxy) is 3. The first-order valence-corrected chi connectivity index (χ1v) is 13.3. The zero-order valence-corrected chi connectivity index (χ0v) is 22.9. The Balaban J connectivity index is 1.98. The van der Waals surface area contributed by atoms with Gasteiger partial charge in [-0.15, -0.1) is 11.3 Å². The molecule has 1 aliphatic heterocycles. The normalized spacial score (nSPS) is 14.9. The van der Waals surface area contributed by atoms with Gasteiger partial charge in [0.15, 0.2) is 6.61 Å². The van der Waals surface area contributed by atoms with Crippen LogP contribution in [0.25, 0.3) is 10.2 Å². The van der Waals surface area contributed by atoms with Gasteiger partial charge in [-0.1, -0.05) is 0 Å². The standard InChI is InChI=1S/C27H27FN4O7S/c1-15-21(13-30)40-24-22(15)23(33)32(27(2,3)25(34)35)26(36)31(24)14-20(39-17-6-9-37-10-7-17)18-12-16(28)4-5-19(18)38-11-8-29/h4-5,12,17,20H,6-7,9-11,14H2,1-3H3,(H,34,35). The molecule has 1 aliphatic rings. The van der Waals surface area contributed by atoms with Gasteiger partial charge in [0.25, 0.3) is 5.56 Å². The lowest BCUT2D eigenvalue weighted by atomic mass is 10.0. The van der Waals surface area contributed by atoms with Crippen LogP contribution in [0.5, 0.6) is 5.75 Å². The number of thiophene rings is 1. The number of hydrogen-bond acceptors (Lipinski definition) is 9. The molecule has 3 aromatic rings. The average molecular weight is 571 g/mol. The monoisotopic (exact) mass is 570 g/mol. The first-order valence-electron chi connectivity index (χ1n) is 12.5. The quantitative estimate of drug-likeness (QED) is 0.408. The number of carboxylic acids is 1. The molecule has 0 radical (unpaired) electrons. The Morgan fingerprint density at radius 3 is 2.62 bits per heavy atom. The molecular weight excluding hydrogens is 543 g/mol. The fourth-order valence-electron chi connectivity index (χ4n) is 4.64. The van der Waals surface area contributed by atoms with E-state index in [-0.39, 0.29) is 45.7 Å². The van der Waals surface area contributed by atoms with Crippen molar-refractivity contribution in [3.8, 4) is 17.9 Å². The van der Waals surface area contributed by atoms with E-state index in [1.807, 2.05) is 12.1 Å². The smallest absolute Gasteiger partial charge is 0.333 e. The Kier molecular flexibility index (Phi) is 8.40. The van der Waals surface area contributed by atoms with Crippen molar-refractivity contribution in [1.29, 1.82) is 10.5 Å². The number of aliphatic carboxylic acids is 1. The minimum absolute atomic E-state index is 0.0421. The number of carboxylic acid groups (broad SMARTS) is 1. The van der Waals surface area contributed by atoms with Crippen molar-refractivity contribution in [1.82, 2.24) is 9.13 Å². The third kappa shape index (κ3) is 5.36. The van der Waals surface area contributed by atoms with E-state index in [9.17, 15) is 29.1 Å². The summed E-state index contributed by atoms with van der Waals surface area (Å²) in [6, 6.07) is 7.61. The number of benzene rings is 1. The molecule has 40 heavy (non-hydrogen) atoms. The molecule has 0 bridgehead atoms. The number of halogens is 1. The number of aromatic nitrogens is 2. The van der Waals surface area contributed by atoms with Gasteiger partial charge in [-0.25, -0.2) is 18.5 Å². The fourth-order valence-corrected chi connectivity index (χ4v) is 5.74. The highest BCUT2D eigenvalue weighted by Crippen LogP contribution is 2.35. The molecule has 1 saturated heterocycles. The third-order valence-corrected chi connectivity index (χ3v) is 8.10. The van der Waals surface area contributed by atoms with Gasteiger partial charge in [0.2, 0.25) is 0 Å². The molecule has 210 valence electrons. The molecule has 0 saturated carbocycles. The largest absolute Gasteiger partial charge is 0.480 e. The first kappa shape index (κ1) is 29.0. The van der Waals surface area contributed by atoms with Crippen molar-refractivity contribution < 1.29 is 28.5 Å². The molecule has 3 heterocycles. The summed E-state index contributed by atoms with van der Waals surface area (Å²) in [7, 11) is 0. The summed E-state index contributed by atoms with van der Waals surface area (Å²) < 4.78 is 33.7. The van der Waals surface area contributed by atoms with Crippen LogP contribution in [0.4, 0.5) is 4.39 Å². The Labute approximate surface area is 232 Å².